The van der Waals surface area contributed by atoms with Crippen molar-refractivity contribution in [3.63, 3.8) is 0 Å². The van der Waals surface area contributed by atoms with E-state index in [1.807, 2.05) is 13.0 Å². The SMILES string of the molecule is CC(=O)[C]1=C(C)C=[CH][In]1[NH]CC(N)=O. The summed E-state index contributed by atoms with van der Waals surface area (Å²) in [5, 5.41) is 0. The van der Waals surface area contributed by atoms with Crippen LogP contribution in [0.15, 0.2) is 18.8 Å². The minimum atomic E-state index is -2.29. The van der Waals surface area contributed by atoms with Crippen LogP contribution in [0.2, 0.25) is 0 Å². The first-order chi connectivity index (χ1) is 6.52. The molecule has 0 aromatic carbocycles. The number of amides is 1. The van der Waals surface area contributed by atoms with Crippen molar-refractivity contribution in [3.05, 3.63) is 18.8 Å². The summed E-state index contributed by atoms with van der Waals surface area (Å²) >= 11 is -2.29. The average molecular weight is 296 g/mol. The van der Waals surface area contributed by atoms with E-state index in [1.165, 1.54) is 0 Å². The van der Waals surface area contributed by atoms with Gasteiger partial charge >= 0.3 is 91.2 Å². The Morgan fingerprint density at radius 2 is 2.21 bits per heavy atom. The number of rotatable bonds is 4. The molecule has 1 amide bonds. The molecular weight excluding hydrogens is 283 g/mol. The van der Waals surface area contributed by atoms with Crippen LogP contribution in [-0.2, 0) is 9.59 Å². The minimum absolute atomic E-state index is 0.116. The maximum atomic E-state index is 11.3. The molecule has 0 aromatic rings. The Hall–Kier alpha value is -0.550. The molecule has 1 aliphatic rings. The fourth-order valence-electron chi connectivity index (χ4n) is 1.55. The third-order valence-electron chi connectivity index (χ3n) is 2.15. The zero-order valence-electron chi connectivity index (χ0n) is 8.33. The first-order valence-corrected chi connectivity index (χ1v) is 9.64. The van der Waals surface area contributed by atoms with Gasteiger partial charge in [0.25, 0.3) is 0 Å². The zero-order valence-corrected chi connectivity index (χ0v) is 11.6. The van der Waals surface area contributed by atoms with Crippen LogP contribution in [0.5, 0.6) is 0 Å². The average Bonchev–Trinajstić information content (AvgIpc) is 2.43. The third-order valence-corrected chi connectivity index (χ3v) is 9.87. The zero-order chi connectivity index (χ0) is 10.7. The molecule has 0 aromatic heterocycles. The third kappa shape index (κ3) is 2.72. The Bertz CT molecular complexity index is 334. The van der Waals surface area contributed by atoms with Crippen LogP contribution >= 0.6 is 0 Å². The van der Waals surface area contributed by atoms with Gasteiger partial charge in [0.2, 0.25) is 0 Å². The van der Waals surface area contributed by atoms with Gasteiger partial charge in [0.05, 0.1) is 0 Å². The van der Waals surface area contributed by atoms with Gasteiger partial charge in [0.15, 0.2) is 0 Å². The summed E-state index contributed by atoms with van der Waals surface area (Å²) in [4.78, 5) is 21.9. The molecule has 4 nitrogen and oxygen atoms in total. The number of allylic oxidation sites excluding steroid dienone is 3. The van der Waals surface area contributed by atoms with Crippen LogP contribution in [0.4, 0.5) is 0 Å². The molecule has 0 spiro atoms. The van der Waals surface area contributed by atoms with E-state index in [1.54, 1.807) is 6.92 Å². The molecular formula is C9H13InN2O2. The van der Waals surface area contributed by atoms with E-state index in [-0.39, 0.29) is 18.2 Å². The van der Waals surface area contributed by atoms with E-state index >= 15 is 0 Å². The molecule has 0 radical (unpaired) electrons. The Labute approximate surface area is 91.2 Å². The normalized spacial score (nSPS) is 15.1. The van der Waals surface area contributed by atoms with Crippen LogP contribution in [0.3, 0.4) is 0 Å². The summed E-state index contributed by atoms with van der Waals surface area (Å²) in [6.45, 7) is 3.67. The number of nitrogens with two attached hydrogens (primary N) is 1. The Kier molecular flexibility index (Phi) is 3.95. The van der Waals surface area contributed by atoms with Gasteiger partial charge in [-0.25, -0.2) is 0 Å². The summed E-state index contributed by atoms with van der Waals surface area (Å²) in [5.41, 5.74) is 6.07. The summed E-state index contributed by atoms with van der Waals surface area (Å²) < 4.78 is 6.10. The summed E-state index contributed by atoms with van der Waals surface area (Å²) in [7, 11) is 0. The van der Waals surface area contributed by atoms with Crippen LogP contribution in [0.1, 0.15) is 13.8 Å². The molecule has 74 valence electrons. The van der Waals surface area contributed by atoms with E-state index in [9.17, 15) is 9.59 Å². The molecule has 0 unspecified atom stereocenters. The molecule has 5 heteroatoms. The first kappa shape index (κ1) is 11.5. The molecule has 0 saturated heterocycles. The van der Waals surface area contributed by atoms with Crippen LogP contribution in [0.25, 0.3) is 0 Å². The number of carbonyl (C=O) groups is 2. The Balaban J connectivity index is 2.68. The van der Waals surface area contributed by atoms with E-state index in [0.29, 0.717) is 0 Å². The fraction of sp³-hybridized carbons (Fsp3) is 0.333. The van der Waals surface area contributed by atoms with E-state index < -0.39 is 21.7 Å². The number of primary amides is 1. The van der Waals surface area contributed by atoms with Crippen molar-refractivity contribution in [1.29, 1.82) is 0 Å². The molecule has 0 bridgehead atoms. The molecule has 1 rings (SSSR count). The summed E-state index contributed by atoms with van der Waals surface area (Å²) in [6.07, 6.45) is 1.96. The van der Waals surface area contributed by atoms with Crippen LogP contribution < -0.4 is 9.04 Å². The van der Waals surface area contributed by atoms with Crippen LogP contribution in [-0.4, -0.2) is 40.0 Å². The topological polar surface area (TPSA) is 72.2 Å². The van der Waals surface area contributed by atoms with E-state index in [0.717, 1.165) is 8.90 Å². The van der Waals surface area contributed by atoms with Crippen molar-refractivity contribution in [1.82, 2.24) is 3.30 Å². The molecule has 0 aliphatic carbocycles. The second kappa shape index (κ2) is 4.80. The molecule has 14 heavy (non-hydrogen) atoms. The molecule has 0 atom stereocenters. The van der Waals surface area contributed by atoms with Gasteiger partial charge in [-0.05, 0) is 0 Å². The molecule has 1 heterocycles. The van der Waals surface area contributed by atoms with Gasteiger partial charge < -0.3 is 0 Å². The predicted octanol–water partition coefficient (Wildman–Crippen LogP) is -0.394. The molecule has 0 saturated carbocycles. The van der Waals surface area contributed by atoms with Crippen molar-refractivity contribution < 1.29 is 9.59 Å². The monoisotopic (exact) mass is 296 g/mol. The first-order valence-electron chi connectivity index (χ1n) is 4.44. The Morgan fingerprint density at radius 1 is 1.57 bits per heavy atom. The van der Waals surface area contributed by atoms with E-state index in [2.05, 4.69) is 7.14 Å². The number of Topliss-reactive ketones (excluding diaryl/α,β-unsaturated/α-hetero) is 1. The van der Waals surface area contributed by atoms with Gasteiger partial charge in [-0.2, -0.15) is 0 Å². The van der Waals surface area contributed by atoms with Crippen molar-refractivity contribution in [2.75, 3.05) is 6.54 Å². The number of ketones is 1. The second-order valence-electron chi connectivity index (χ2n) is 3.34. The van der Waals surface area contributed by atoms with Crippen molar-refractivity contribution >= 4 is 33.4 Å². The predicted molar refractivity (Wildman–Crippen MR) is 55.5 cm³/mol. The number of nitrogens with one attached hydrogen (secondary N) is 1. The van der Waals surface area contributed by atoms with Gasteiger partial charge in [-0.15, -0.1) is 0 Å². The number of hydrogen-bond donors (Lipinski definition) is 2. The van der Waals surface area contributed by atoms with Gasteiger partial charge in [-0.1, -0.05) is 0 Å². The maximum absolute atomic E-state index is 11.3. The molecule has 1 aliphatic heterocycles. The number of carbonyl (C=O) groups excluding carboxylic acids is 2. The van der Waals surface area contributed by atoms with Gasteiger partial charge in [-0.3, -0.25) is 0 Å². The quantitative estimate of drug-likeness (QED) is 0.742. The molecule has 0 fully saturated rings. The van der Waals surface area contributed by atoms with Crippen LogP contribution in [0, 0.1) is 0 Å². The molecule has 3 N–H and O–H groups in total. The summed E-state index contributed by atoms with van der Waals surface area (Å²) in [6, 6.07) is 0. The van der Waals surface area contributed by atoms with E-state index in [4.69, 9.17) is 5.73 Å². The standard InChI is InChI=1S/C7H8O.C2H5N2O.In/c1-4-6(2)5-7(3)8;3-1-2(4)5;/h1,4H,2-3H3;3H,1H2,(H2,4,5);/q;-1;+1. The van der Waals surface area contributed by atoms with Gasteiger partial charge in [0.1, 0.15) is 0 Å². The fourth-order valence-corrected chi connectivity index (χ4v) is 8.57. The second-order valence-corrected chi connectivity index (χ2v) is 9.98. The number of hydrogen-bond acceptors (Lipinski definition) is 3. The van der Waals surface area contributed by atoms with Crippen molar-refractivity contribution in [2.45, 2.75) is 13.8 Å². The van der Waals surface area contributed by atoms with Gasteiger partial charge in [0, 0.05) is 0 Å². The summed E-state index contributed by atoms with van der Waals surface area (Å²) in [5.74, 6) is -0.257. The Morgan fingerprint density at radius 3 is 2.71 bits per heavy atom. The van der Waals surface area contributed by atoms with Crippen molar-refractivity contribution in [2.24, 2.45) is 5.73 Å². The van der Waals surface area contributed by atoms with Crippen molar-refractivity contribution in [3.8, 4) is 0 Å².